The van der Waals surface area contributed by atoms with Crippen LogP contribution in [0.5, 0.6) is 0 Å². The molecule has 4 aromatic heterocycles. The van der Waals surface area contributed by atoms with Crippen molar-refractivity contribution < 1.29 is 12.7 Å². The zero-order valence-electron chi connectivity index (χ0n) is 14.1. The minimum absolute atomic E-state index is 0.569. The fourth-order valence-electron chi connectivity index (χ4n) is 2.06. The van der Waals surface area contributed by atoms with Crippen LogP contribution in [-0.2, 0) is 12.7 Å². The minimum atomic E-state index is 0.569. The van der Waals surface area contributed by atoms with Crippen LogP contribution in [0.15, 0.2) is 97.6 Å². The average molecular weight is 442 g/mol. The molecule has 0 saturated carbocycles. The molecular formula is C20H16Cl2N4Ni. The molecular weight excluding hydrogens is 426 g/mol. The third kappa shape index (κ3) is 7.84. The first-order valence-corrected chi connectivity index (χ1v) is 10.5. The maximum absolute atomic E-state index is 4.70. The Labute approximate surface area is 173 Å². The summed E-state index contributed by atoms with van der Waals surface area (Å²) in [6.45, 7) is 0. The van der Waals surface area contributed by atoms with Crippen molar-refractivity contribution in [3.05, 3.63) is 97.6 Å². The third-order valence-electron chi connectivity index (χ3n) is 3.18. The predicted molar refractivity (Wildman–Crippen MR) is 107 cm³/mol. The van der Waals surface area contributed by atoms with Crippen LogP contribution in [0.4, 0.5) is 0 Å². The van der Waals surface area contributed by atoms with Crippen molar-refractivity contribution >= 4 is 20.4 Å². The summed E-state index contributed by atoms with van der Waals surface area (Å²) >= 11 is 0.569. The first kappa shape index (κ1) is 21.0. The number of pyridine rings is 4. The van der Waals surface area contributed by atoms with Gasteiger partial charge in [0.05, 0.1) is 22.8 Å². The Balaban J connectivity index is 0.000000170. The predicted octanol–water partition coefficient (Wildman–Crippen LogP) is 5.66. The molecule has 0 fully saturated rings. The molecule has 0 N–H and O–H groups in total. The topological polar surface area (TPSA) is 51.6 Å². The van der Waals surface area contributed by atoms with E-state index < -0.39 is 0 Å². The van der Waals surface area contributed by atoms with E-state index in [2.05, 4.69) is 19.9 Å². The van der Waals surface area contributed by atoms with Crippen LogP contribution in [0.3, 0.4) is 0 Å². The molecule has 0 spiro atoms. The molecule has 4 heterocycles. The molecule has 7 heteroatoms. The number of hydrogen-bond acceptors (Lipinski definition) is 4. The van der Waals surface area contributed by atoms with Gasteiger partial charge in [-0.1, -0.05) is 24.3 Å². The SMILES string of the molecule is [Cl][Ni][Cl].c1ccc(-c2ccccn2)nc1.c1ccc(-c2ccccn2)nc1. The molecule has 0 saturated heterocycles. The second kappa shape index (κ2) is 12.9. The standard InChI is InChI=1S/2C10H8N2.2ClH.Ni/c2*1-3-7-11-9(5-1)10-6-2-4-8-12-10;;;/h2*1-8H;2*1H;/q;;;;+2/p-2. The molecule has 0 atom stereocenters. The molecule has 4 aromatic rings. The van der Waals surface area contributed by atoms with E-state index in [4.69, 9.17) is 20.4 Å². The van der Waals surface area contributed by atoms with Gasteiger partial charge in [0.25, 0.3) is 0 Å². The van der Waals surface area contributed by atoms with Crippen molar-refractivity contribution in [3.8, 4) is 22.8 Å². The quantitative estimate of drug-likeness (QED) is 0.376. The van der Waals surface area contributed by atoms with Gasteiger partial charge in [0.15, 0.2) is 0 Å². The molecule has 0 unspecified atom stereocenters. The first-order valence-electron chi connectivity index (χ1n) is 7.82. The summed E-state index contributed by atoms with van der Waals surface area (Å²) in [5, 5.41) is 0. The van der Waals surface area contributed by atoms with Crippen LogP contribution >= 0.6 is 20.4 Å². The van der Waals surface area contributed by atoms with Gasteiger partial charge in [-0.2, -0.15) is 0 Å². The zero-order valence-corrected chi connectivity index (χ0v) is 16.6. The first-order chi connectivity index (χ1) is 13.3. The number of halogens is 2. The van der Waals surface area contributed by atoms with Gasteiger partial charge >= 0.3 is 33.0 Å². The van der Waals surface area contributed by atoms with E-state index >= 15 is 0 Å². The molecule has 27 heavy (non-hydrogen) atoms. The van der Waals surface area contributed by atoms with Gasteiger partial charge < -0.3 is 0 Å². The zero-order chi connectivity index (χ0) is 19.2. The summed E-state index contributed by atoms with van der Waals surface area (Å²) in [6, 6.07) is 23.2. The Morgan fingerprint density at radius 3 is 0.815 bits per heavy atom. The van der Waals surface area contributed by atoms with Crippen LogP contribution in [0.2, 0.25) is 0 Å². The smallest absolute Gasteiger partial charge is 0.0886 e. The van der Waals surface area contributed by atoms with Crippen molar-refractivity contribution in [1.82, 2.24) is 19.9 Å². The van der Waals surface area contributed by atoms with Crippen LogP contribution in [0, 0.1) is 0 Å². The van der Waals surface area contributed by atoms with Crippen LogP contribution in [0.1, 0.15) is 0 Å². The Bertz CT molecular complexity index is 717. The fourth-order valence-corrected chi connectivity index (χ4v) is 2.06. The van der Waals surface area contributed by atoms with Gasteiger partial charge in [-0.05, 0) is 48.5 Å². The van der Waals surface area contributed by atoms with Crippen molar-refractivity contribution in [2.75, 3.05) is 0 Å². The van der Waals surface area contributed by atoms with Gasteiger partial charge in [-0.3, -0.25) is 19.9 Å². The average Bonchev–Trinajstić information content (AvgIpc) is 2.77. The fraction of sp³-hybridized carbons (Fsp3) is 0. The number of nitrogens with zero attached hydrogens (tertiary/aromatic N) is 4. The Morgan fingerprint density at radius 2 is 0.667 bits per heavy atom. The monoisotopic (exact) mass is 440 g/mol. The van der Waals surface area contributed by atoms with Crippen LogP contribution in [0.25, 0.3) is 22.8 Å². The van der Waals surface area contributed by atoms with E-state index in [-0.39, 0.29) is 0 Å². The largest absolute Gasteiger partial charge is 0.255 e. The Kier molecular flexibility index (Phi) is 10.1. The summed E-state index contributed by atoms with van der Waals surface area (Å²) in [5.41, 5.74) is 3.66. The molecule has 0 radical (unpaired) electrons. The van der Waals surface area contributed by atoms with Crippen molar-refractivity contribution in [1.29, 1.82) is 0 Å². The summed E-state index contributed by atoms with van der Waals surface area (Å²) < 4.78 is 0. The van der Waals surface area contributed by atoms with Gasteiger partial charge in [0, 0.05) is 24.8 Å². The Morgan fingerprint density at radius 1 is 0.444 bits per heavy atom. The summed E-state index contributed by atoms with van der Waals surface area (Å²) in [7, 11) is 9.40. The molecule has 0 amide bonds. The van der Waals surface area contributed by atoms with E-state index in [0.717, 1.165) is 22.8 Å². The maximum atomic E-state index is 4.70. The van der Waals surface area contributed by atoms with Gasteiger partial charge in [-0.25, -0.2) is 0 Å². The minimum Gasteiger partial charge on any atom is -0.255 e. The van der Waals surface area contributed by atoms with E-state index in [1.807, 2.05) is 72.8 Å². The van der Waals surface area contributed by atoms with Crippen LogP contribution in [-0.4, -0.2) is 19.9 Å². The van der Waals surface area contributed by atoms with Crippen LogP contribution < -0.4 is 0 Å². The van der Waals surface area contributed by atoms with E-state index in [0.29, 0.717) is 12.7 Å². The van der Waals surface area contributed by atoms with E-state index in [1.165, 1.54) is 0 Å². The second-order valence-corrected chi connectivity index (χ2v) is 6.54. The molecule has 4 nitrogen and oxygen atoms in total. The van der Waals surface area contributed by atoms with E-state index in [1.54, 1.807) is 24.8 Å². The van der Waals surface area contributed by atoms with E-state index in [9.17, 15) is 0 Å². The maximum Gasteiger partial charge on any atom is 0.0886 e. The molecule has 0 aliphatic carbocycles. The Hall–Kier alpha value is -2.33. The summed E-state index contributed by atoms with van der Waals surface area (Å²) in [6.07, 6.45) is 7.07. The molecule has 140 valence electrons. The number of hydrogen-bond donors (Lipinski definition) is 0. The normalized spacial score (nSPS) is 9.41. The second-order valence-electron chi connectivity index (χ2n) is 4.91. The molecule has 4 rings (SSSR count). The van der Waals surface area contributed by atoms with Crippen molar-refractivity contribution in [2.45, 2.75) is 0 Å². The summed E-state index contributed by atoms with van der Waals surface area (Å²) in [4.78, 5) is 16.7. The molecule has 0 aliphatic rings. The molecule has 0 aliphatic heterocycles. The van der Waals surface area contributed by atoms with Crippen molar-refractivity contribution in [3.63, 3.8) is 0 Å². The molecule has 0 aromatic carbocycles. The number of aromatic nitrogens is 4. The third-order valence-corrected chi connectivity index (χ3v) is 3.18. The van der Waals surface area contributed by atoms with Gasteiger partial charge in [0.1, 0.15) is 0 Å². The van der Waals surface area contributed by atoms with Gasteiger partial charge in [0.2, 0.25) is 0 Å². The van der Waals surface area contributed by atoms with Gasteiger partial charge in [-0.15, -0.1) is 0 Å². The summed E-state index contributed by atoms with van der Waals surface area (Å²) in [5.74, 6) is 0. The number of rotatable bonds is 2. The van der Waals surface area contributed by atoms with Crippen molar-refractivity contribution in [2.24, 2.45) is 0 Å². The molecule has 0 bridgehead atoms.